The molecule has 0 saturated carbocycles. The summed E-state index contributed by atoms with van der Waals surface area (Å²) in [4.78, 5) is 11.8. The SMILES string of the molecule is C=CCOC(=O)/C=C(\C)[C@@H](C)[C@H](O)c1ccc(OCCO[Si](CCC(F)(F)C(F)(F)C(F)(F)C(F)(F)C(F)(F)C(F)(F)C(F)(F)C(F)(F)F)(C(C)C)C(C)C)cc1. The van der Waals surface area contributed by atoms with Gasteiger partial charge in [-0.2, -0.15) is 74.6 Å². The van der Waals surface area contributed by atoms with E-state index < -0.39 is 104 Å². The molecule has 0 aliphatic carbocycles. The van der Waals surface area contributed by atoms with Gasteiger partial charge >= 0.3 is 53.6 Å². The molecule has 57 heavy (non-hydrogen) atoms. The Kier molecular flexibility index (Phi) is 16.4. The first-order valence-corrected chi connectivity index (χ1v) is 19.0. The van der Waals surface area contributed by atoms with E-state index in [9.17, 15) is 84.5 Å². The largest absolute Gasteiger partial charge is 0.491 e. The number of alkyl halides is 17. The minimum atomic E-state index is -8.68. The highest BCUT2D eigenvalue weighted by atomic mass is 28.4. The van der Waals surface area contributed by atoms with Gasteiger partial charge in [0, 0.05) is 18.4 Å². The molecule has 0 radical (unpaired) electrons. The molecule has 1 rings (SSSR count). The van der Waals surface area contributed by atoms with E-state index in [4.69, 9.17) is 13.9 Å². The standard InChI is InChI=1S/C34H41F17O5Si/c1-8-14-55-25(52)18-21(6)22(7)26(53)23-9-11-24(12-10-23)54-15-16-56-57(19(2)3,20(4)5)17-13-27(35,36)28(37,38)29(39,40)30(41,42)31(43,44)32(45,46)33(47,48)34(49,50)51/h8-12,18-20,22,26,53H,1,13-17H2,2-7H3/b21-18+/t22-,26+/m1/s1. The van der Waals surface area contributed by atoms with E-state index in [-0.39, 0.29) is 19.0 Å². The van der Waals surface area contributed by atoms with E-state index >= 15 is 0 Å². The summed E-state index contributed by atoms with van der Waals surface area (Å²) in [6, 6.07) is 4.36. The third kappa shape index (κ3) is 10.0. The van der Waals surface area contributed by atoms with E-state index in [0.29, 0.717) is 11.1 Å². The molecule has 0 heterocycles. The lowest BCUT2D eigenvalue weighted by molar-refractivity contribution is -0.461. The van der Waals surface area contributed by atoms with Gasteiger partial charge in [0.25, 0.3) is 0 Å². The number of aliphatic hydroxyl groups excluding tert-OH is 1. The molecule has 0 fully saturated rings. The van der Waals surface area contributed by atoms with E-state index in [2.05, 4.69) is 6.58 Å². The van der Waals surface area contributed by atoms with Crippen molar-refractivity contribution in [3.8, 4) is 5.75 Å². The molecule has 1 N–H and O–H groups in total. The zero-order valence-corrected chi connectivity index (χ0v) is 32.0. The van der Waals surface area contributed by atoms with Crippen molar-refractivity contribution in [3.05, 3.63) is 54.1 Å². The lowest BCUT2D eigenvalue weighted by Crippen LogP contribution is -2.74. The lowest BCUT2D eigenvalue weighted by atomic mass is 9.88. The van der Waals surface area contributed by atoms with Crippen molar-refractivity contribution in [1.82, 2.24) is 0 Å². The number of ether oxygens (including phenoxy) is 2. The van der Waals surface area contributed by atoms with Crippen LogP contribution in [-0.4, -0.2) is 86.8 Å². The maximum absolute atomic E-state index is 14.9. The Bertz CT molecular complexity index is 1520. The highest BCUT2D eigenvalue weighted by Gasteiger charge is 2.95. The van der Waals surface area contributed by atoms with Crippen molar-refractivity contribution in [3.63, 3.8) is 0 Å². The maximum atomic E-state index is 14.9. The molecule has 0 aliphatic rings. The predicted molar refractivity (Wildman–Crippen MR) is 173 cm³/mol. The predicted octanol–water partition coefficient (Wildman–Crippen LogP) is 11.6. The Morgan fingerprint density at radius 1 is 0.719 bits per heavy atom. The van der Waals surface area contributed by atoms with Gasteiger partial charge in [-0.05, 0) is 41.7 Å². The van der Waals surface area contributed by atoms with Crippen molar-refractivity contribution in [2.75, 3.05) is 19.8 Å². The number of rotatable bonds is 22. The van der Waals surface area contributed by atoms with Crippen LogP contribution in [0.3, 0.4) is 0 Å². The Hall–Kier alpha value is -3.08. The normalized spacial score (nSPS) is 15.9. The van der Waals surface area contributed by atoms with Crippen LogP contribution in [0.25, 0.3) is 0 Å². The maximum Gasteiger partial charge on any atom is 0.460 e. The monoisotopic (exact) mass is 880 g/mol. The third-order valence-electron chi connectivity index (χ3n) is 9.40. The Morgan fingerprint density at radius 2 is 1.16 bits per heavy atom. The Morgan fingerprint density at radius 3 is 1.58 bits per heavy atom. The van der Waals surface area contributed by atoms with Crippen LogP contribution in [0.2, 0.25) is 17.1 Å². The summed E-state index contributed by atoms with van der Waals surface area (Å²) in [7, 11) is -3.96. The number of benzene rings is 1. The first-order chi connectivity index (χ1) is 25.5. The van der Waals surface area contributed by atoms with E-state index in [1.54, 1.807) is 13.8 Å². The number of aliphatic hydroxyl groups is 1. The molecule has 2 atom stereocenters. The van der Waals surface area contributed by atoms with Crippen LogP contribution < -0.4 is 4.74 Å². The van der Waals surface area contributed by atoms with Gasteiger partial charge in [-0.1, -0.05) is 65.0 Å². The molecule has 0 bridgehead atoms. The molecular weight excluding hydrogens is 839 g/mol. The second-order valence-electron chi connectivity index (χ2n) is 13.7. The smallest absolute Gasteiger partial charge is 0.460 e. The number of carbonyl (C=O) groups is 1. The summed E-state index contributed by atoms with van der Waals surface area (Å²) in [5, 5.41) is 10.7. The van der Waals surface area contributed by atoms with Crippen LogP contribution in [0.1, 0.15) is 59.6 Å². The molecule has 0 amide bonds. The molecule has 23 heteroatoms. The summed E-state index contributed by atoms with van der Waals surface area (Å²) >= 11 is 0. The average molecular weight is 881 g/mol. The zero-order valence-electron chi connectivity index (χ0n) is 31.0. The van der Waals surface area contributed by atoms with Crippen molar-refractivity contribution in [1.29, 1.82) is 0 Å². The highest BCUT2D eigenvalue weighted by molar-refractivity contribution is 6.76. The van der Waals surface area contributed by atoms with Gasteiger partial charge in [0.2, 0.25) is 0 Å². The van der Waals surface area contributed by atoms with E-state index in [1.165, 1.54) is 64.1 Å². The zero-order chi connectivity index (χ0) is 45.0. The molecule has 1 aromatic rings. The first-order valence-electron chi connectivity index (χ1n) is 16.7. The summed E-state index contributed by atoms with van der Waals surface area (Å²) in [6.07, 6.45) is -8.93. The van der Waals surface area contributed by atoms with Crippen molar-refractivity contribution < 1.29 is 98.4 Å². The fourth-order valence-corrected chi connectivity index (χ4v) is 10.0. The lowest BCUT2D eigenvalue weighted by Gasteiger charge is -2.44. The molecule has 0 aromatic heterocycles. The quantitative estimate of drug-likeness (QED) is 0.0314. The van der Waals surface area contributed by atoms with Crippen molar-refractivity contribution in [2.45, 2.75) is 119 Å². The molecule has 0 spiro atoms. The second-order valence-corrected chi connectivity index (χ2v) is 18.7. The Labute approximate surface area is 317 Å². The minimum Gasteiger partial charge on any atom is -0.491 e. The number of esters is 1. The van der Waals surface area contributed by atoms with Crippen LogP contribution >= 0.6 is 0 Å². The summed E-state index contributed by atoms with van der Waals surface area (Å²) in [5.41, 5.74) is -0.869. The molecule has 0 aliphatic heterocycles. The first kappa shape index (κ1) is 51.9. The number of hydrogen-bond acceptors (Lipinski definition) is 5. The van der Waals surface area contributed by atoms with Crippen LogP contribution in [0.4, 0.5) is 74.6 Å². The van der Waals surface area contributed by atoms with Crippen LogP contribution in [-0.2, 0) is 14.0 Å². The molecule has 5 nitrogen and oxygen atoms in total. The molecule has 330 valence electrons. The van der Waals surface area contributed by atoms with Gasteiger partial charge in [-0.3, -0.25) is 0 Å². The van der Waals surface area contributed by atoms with Crippen molar-refractivity contribution >= 4 is 14.3 Å². The molecule has 0 saturated heterocycles. The second kappa shape index (κ2) is 18.0. The molecule has 0 unspecified atom stereocenters. The number of halogens is 17. The van der Waals surface area contributed by atoms with Gasteiger partial charge in [0.1, 0.15) is 19.0 Å². The highest BCUT2D eigenvalue weighted by Crippen LogP contribution is 2.64. The van der Waals surface area contributed by atoms with Crippen molar-refractivity contribution in [2.24, 2.45) is 5.92 Å². The number of hydrogen-bond donors (Lipinski definition) is 1. The van der Waals surface area contributed by atoms with E-state index in [1.807, 2.05) is 0 Å². The number of carbonyl (C=O) groups excluding carboxylic acids is 1. The van der Waals surface area contributed by atoms with Gasteiger partial charge < -0.3 is 19.0 Å². The molecular formula is C34H41F17O5Si. The van der Waals surface area contributed by atoms with Crippen LogP contribution in [0.5, 0.6) is 5.75 Å². The third-order valence-corrected chi connectivity index (χ3v) is 15.1. The average Bonchev–Trinajstić information content (AvgIpc) is 3.08. The van der Waals surface area contributed by atoms with Gasteiger partial charge in [0.15, 0.2) is 8.32 Å². The summed E-state index contributed by atoms with van der Waals surface area (Å²) < 4.78 is 250. The topological polar surface area (TPSA) is 65.0 Å². The fraction of sp³-hybridized carbons (Fsp3) is 0.676. The Balaban J connectivity index is 3.21. The van der Waals surface area contributed by atoms with Gasteiger partial charge in [0.05, 0.1) is 12.7 Å². The van der Waals surface area contributed by atoms with Gasteiger partial charge in [-0.25, -0.2) is 4.79 Å². The van der Waals surface area contributed by atoms with Crippen LogP contribution in [0.15, 0.2) is 48.6 Å². The minimum absolute atomic E-state index is 0.0279. The summed E-state index contributed by atoms with van der Waals surface area (Å²) in [6.45, 7) is 11.0. The fourth-order valence-electron chi connectivity index (χ4n) is 5.55. The van der Waals surface area contributed by atoms with Crippen LogP contribution in [0, 0.1) is 5.92 Å². The van der Waals surface area contributed by atoms with E-state index in [0.717, 1.165) is 0 Å². The molecule has 1 aromatic carbocycles. The summed E-state index contributed by atoms with van der Waals surface area (Å²) in [5.74, 6) is -57.8. The van der Waals surface area contributed by atoms with Gasteiger partial charge in [-0.15, -0.1) is 0 Å².